The second-order valence-electron chi connectivity index (χ2n) is 2.32. The predicted octanol–water partition coefficient (Wildman–Crippen LogP) is 0.0717. The molecule has 0 saturated heterocycles. The summed E-state index contributed by atoms with van der Waals surface area (Å²) < 4.78 is 4.57. The molecule has 0 aromatic rings. The van der Waals surface area contributed by atoms with Gasteiger partial charge in [-0.2, -0.15) is 5.26 Å². The van der Waals surface area contributed by atoms with Crippen molar-refractivity contribution < 1.29 is 14.6 Å². The summed E-state index contributed by atoms with van der Waals surface area (Å²) in [7, 11) is 0. The highest BCUT2D eigenvalue weighted by Crippen LogP contribution is 2.15. The van der Waals surface area contributed by atoms with E-state index in [9.17, 15) is 4.79 Å². The Kier molecular flexibility index (Phi) is 3.55. The minimum absolute atomic E-state index is 0.218. The molecule has 0 radical (unpaired) electrons. The smallest absolute Gasteiger partial charge is 0.328 e. The fourth-order valence-electron chi connectivity index (χ4n) is 0.436. The lowest BCUT2D eigenvalue weighted by molar-refractivity contribution is -0.152. The van der Waals surface area contributed by atoms with Gasteiger partial charge < -0.3 is 9.84 Å². The lowest BCUT2D eigenvalue weighted by Gasteiger charge is -2.15. The summed E-state index contributed by atoms with van der Waals surface area (Å²) in [6.45, 7) is 2.69. The third-order valence-corrected chi connectivity index (χ3v) is 1.29. The standard InChI is InChI=1S/C7H11NO3/c1-3-11-6(10)7(2,4-8)5-9/h9H,3,5H2,1-2H3/t7-/m0/s1. The predicted molar refractivity (Wildman–Crippen MR) is 37.4 cm³/mol. The van der Waals surface area contributed by atoms with E-state index in [-0.39, 0.29) is 6.61 Å². The topological polar surface area (TPSA) is 70.3 Å². The zero-order valence-corrected chi connectivity index (χ0v) is 6.63. The third-order valence-electron chi connectivity index (χ3n) is 1.29. The first kappa shape index (κ1) is 9.92. The zero-order valence-electron chi connectivity index (χ0n) is 6.63. The van der Waals surface area contributed by atoms with E-state index in [1.165, 1.54) is 6.92 Å². The molecule has 0 heterocycles. The van der Waals surface area contributed by atoms with Crippen molar-refractivity contribution in [2.75, 3.05) is 13.2 Å². The molecule has 1 N–H and O–H groups in total. The minimum Gasteiger partial charge on any atom is -0.465 e. The lowest BCUT2D eigenvalue weighted by atomic mass is 9.94. The van der Waals surface area contributed by atoms with Gasteiger partial charge in [-0.15, -0.1) is 0 Å². The van der Waals surface area contributed by atoms with Crippen molar-refractivity contribution >= 4 is 5.97 Å². The average molecular weight is 157 g/mol. The largest absolute Gasteiger partial charge is 0.465 e. The van der Waals surface area contributed by atoms with Gasteiger partial charge in [0.15, 0.2) is 5.41 Å². The van der Waals surface area contributed by atoms with Gasteiger partial charge >= 0.3 is 5.97 Å². The molecule has 0 saturated carbocycles. The quantitative estimate of drug-likeness (QED) is 0.588. The highest BCUT2D eigenvalue weighted by molar-refractivity contribution is 5.79. The average Bonchev–Trinajstić information content (AvgIpc) is 2.03. The second kappa shape index (κ2) is 3.94. The SMILES string of the molecule is CCOC(=O)[C@@](C)(C#N)CO. The molecule has 0 aliphatic heterocycles. The summed E-state index contributed by atoms with van der Waals surface area (Å²) in [5.41, 5.74) is -1.41. The summed E-state index contributed by atoms with van der Waals surface area (Å²) in [4.78, 5) is 10.9. The van der Waals surface area contributed by atoms with E-state index < -0.39 is 18.0 Å². The summed E-state index contributed by atoms with van der Waals surface area (Å²) in [6, 6.07) is 1.69. The molecule has 4 heteroatoms. The first-order chi connectivity index (χ1) is 5.10. The van der Waals surface area contributed by atoms with Crippen LogP contribution in [0.1, 0.15) is 13.8 Å². The molecule has 0 aliphatic rings. The van der Waals surface area contributed by atoms with Gasteiger partial charge in [-0.1, -0.05) is 0 Å². The fourth-order valence-corrected chi connectivity index (χ4v) is 0.436. The maximum atomic E-state index is 10.9. The van der Waals surface area contributed by atoms with Crippen LogP contribution in [0.5, 0.6) is 0 Å². The van der Waals surface area contributed by atoms with Gasteiger partial charge in [-0.25, -0.2) is 0 Å². The van der Waals surface area contributed by atoms with E-state index in [4.69, 9.17) is 10.4 Å². The Morgan fingerprint density at radius 1 is 1.82 bits per heavy atom. The van der Waals surface area contributed by atoms with Crippen LogP contribution in [-0.2, 0) is 9.53 Å². The van der Waals surface area contributed by atoms with Gasteiger partial charge in [0.1, 0.15) is 0 Å². The highest BCUT2D eigenvalue weighted by atomic mass is 16.5. The molecule has 62 valence electrons. The maximum Gasteiger partial charge on any atom is 0.328 e. The monoisotopic (exact) mass is 157 g/mol. The Morgan fingerprint density at radius 2 is 2.36 bits per heavy atom. The van der Waals surface area contributed by atoms with Crippen LogP contribution < -0.4 is 0 Å². The summed E-state index contributed by atoms with van der Waals surface area (Å²) in [5.74, 6) is -0.676. The van der Waals surface area contributed by atoms with Crippen LogP contribution in [0, 0.1) is 16.7 Å². The van der Waals surface area contributed by atoms with Crippen LogP contribution in [0.2, 0.25) is 0 Å². The van der Waals surface area contributed by atoms with Gasteiger partial charge in [-0.3, -0.25) is 4.79 Å². The van der Waals surface area contributed by atoms with Crippen LogP contribution in [0.4, 0.5) is 0 Å². The van der Waals surface area contributed by atoms with Gasteiger partial charge in [0, 0.05) is 0 Å². The molecule has 0 fully saturated rings. The second-order valence-corrected chi connectivity index (χ2v) is 2.32. The lowest BCUT2D eigenvalue weighted by Crippen LogP contribution is -2.31. The summed E-state index contributed by atoms with van der Waals surface area (Å²) in [5, 5.41) is 17.1. The molecular formula is C7H11NO3. The molecular weight excluding hydrogens is 146 g/mol. The fraction of sp³-hybridized carbons (Fsp3) is 0.714. The van der Waals surface area contributed by atoms with E-state index >= 15 is 0 Å². The van der Waals surface area contributed by atoms with Crippen LogP contribution in [0.25, 0.3) is 0 Å². The minimum atomic E-state index is -1.41. The Morgan fingerprint density at radius 3 is 2.64 bits per heavy atom. The van der Waals surface area contributed by atoms with Crippen molar-refractivity contribution in [3.63, 3.8) is 0 Å². The molecule has 1 atom stereocenters. The van der Waals surface area contributed by atoms with E-state index in [2.05, 4.69) is 4.74 Å². The first-order valence-electron chi connectivity index (χ1n) is 3.30. The molecule has 0 unspecified atom stereocenters. The Hall–Kier alpha value is -1.08. The third kappa shape index (κ3) is 2.20. The van der Waals surface area contributed by atoms with Crippen molar-refractivity contribution in [3.8, 4) is 6.07 Å². The Labute approximate surface area is 65.4 Å². The molecule has 0 amide bonds. The van der Waals surface area contributed by atoms with Crippen molar-refractivity contribution in [1.29, 1.82) is 5.26 Å². The van der Waals surface area contributed by atoms with Crippen LogP contribution in [0.3, 0.4) is 0 Å². The van der Waals surface area contributed by atoms with Gasteiger partial charge in [0.05, 0.1) is 19.3 Å². The van der Waals surface area contributed by atoms with Crippen LogP contribution in [-0.4, -0.2) is 24.3 Å². The van der Waals surface area contributed by atoms with Crippen LogP contribution >= 0.6 is 0 Å². The number of aliphatic hydroxyl groups excluding tert-OH is 1. The number of carbonyl (C=O) groups is 1. The van der Waals surface area contributed by atoms with Crippen molar-refractivity contribution in [2.24, 2.45) is 5.41 Å². The number of esters is 1. The number of ether oxygens (including phenoxy) is 1. The molecule has 4 nitrogen and oxygen atoms in total. The Bertz CT molecular complexity index is 185. The molecule has 0 aliphatic carbocycles. The number of carbonyl (C=O) groups excluding carboxylic acids is 1. The Balaban J connectivity index is 4.28. The van der Waals surface area contributed by atoms with Crippen molar-refractivity contribution in [1.82, 2.24) is 0 Å². The number of rotatable bonds is 3. The van der Waals surface area contributed by atoms with Gasteiger partial charge in [0.25, 0.3) is 0 Å². The molecule has 0 aromatic heterocycles. The number of nitriles is 1. The van der Waals surface area contributed by atoms with Crippen molar-refractivity contribution in [3.05, 3.63) is 0 Å². The molecule has 0 aromatic carbocycles. The molecule has 0 rings (SSSR count). The summed E-state index contributed by atoms with van der Waals surface area (Å²) in [6.07, 6.45) is 0. The van der Waals surface area contributed by atoms with E-state index in [0.717, 1.165) is 0 Å². The van der Waals surface area contributed by atoms with Gasteiger partial charge in [-0.05, 0) is 13.8 Å². The molecule has 0 bridgehead atoms. The van der Waals surface area contributed by atoms with E-state index in [1.54, 1.807) is 13.0 Å². The number of hydrogen-bond acceptors (Lipinski definition) is 4. The number of aliphatic hydroxyl groups is 1. The first-order valence-corrected chi connectivity index (χ1v) is 3.30. The van der Waals surface area contributed by atoms with E-state index in [1.807, 2.05) is 0 Å². The number of hydrogen-bond donors (Lipinski definition) is 1. The number of nitrogens with zero attached hydrogens (tertiary/aromatic N) is 1. The van der Waals surface area contributed by atoms with Crippen molar-refractivity contribution in [2.45, 2.75) is 13.8 Å². The zero-order chi connectivity index (χ0) is 8.91. The van der Waals surface area contributed by atoms with Gasteiger partial charge in [0.2, 0.25) is 0 Å². The molecule has 0 spiro atoms. The molecule has 11 heavy (non-hydrogen) atoms. The van der Waals surface area contributed by atoms with E-state index in [0.29, 0.717) is 0 Å². The van der Waals surface area contributed by atoms with Crippen LogP contribution in [0.15, 0.2) is 0 Å². The summed E-state index contributed by atoms with van der Waals surface area (Å²) >= 11 is 0. The maximum absolute atomic E-state index is 10.9. The highest BCUT2D eigenvalue weighted by Gasteiger charge is 2.34. The normalized spacial score (nSPS) is 14.7.